The molecule has 1 heterocycles. The Balaban J connectivity index is 1.76. The average molecular weight is 333 g/mol. The fraction of sp³-hybridized carbons (Fsp3) is 0.632. The molecule has 0 bridgehead atoms. The van der Waals surface area contributed by atoms with Crippen molar-refractivity contribution in [1.29, 1.82) is 0 Å². The van der Waals surface area contributed by atoms with E-state index in [0.717, 1.165) is 44.6 Å². The zero-order valence-electron chi connectivity index (χ0n) is 15.4. The third-order valence-electron chi connectivity index (χ3n) is 4.62. The Morgan fingerprint density at radius 3 is 2.58 bits per heavy atom. The number of benzene rings is 1. The van der Waals surface area contributed by atoms with Gasteiger partial charge in [-0.25, -0.2) is 4.79 Å². The number of hydrogen-bond donors (Lipinski definition) is 1. The monoisotopic (exact) mass is 333 g/mol. The molecule has 5 heteroatoms. The zero-order valence-corrected chi connectivity index (χ0v) is 15.4. The molecule has 1 fully saturated rings. The number of likely N-dealkylation sites (tertiary alicyclic amines) is 1. The molecule has 0 saturated carbocycles. The van der Waals surface area contributed by atoms with Crippen molar-refractivity contribution >= 4 is 6.03 Å². The standard InChI is InChI=1S/C19H31N3O2/c1-5-17(24-18-9-7-6-8-15(18)2)14-20-16-10-12-22(13-11-16)19(23)21(3)4/h6-9,16-17,20H,5,10-14H2,1-4H3/t17-/m0/s1. The van der Waals surface area contributed by atoms with Crippen LogP contribution in [0.15, 0.2) is 24.3 Å². The summed E-state index contributed by atoms with van der Waals surface area (Å²) in [6.45, 7) is 6.72. The minimum Gasteiger partial charge on any atom is -0.489 e. The van der Waals surface area contributed by atoms with Crippen LogP contribution >= 0.6 is 0 Å². The van der Waals surface area contributed by atoms with Gasteiger partial charge in [0.25, 0.3) is 0 Å². The maximum atomic E-state index is 12.0. The third kappa shape index (κ3) is 5.13. The van der Waals surface area contributed by atoms with Crippen molar-refractivity contribution in [3.05, 3.63) is 29.8 Å². The molecular weight excluding hydrogens is 302 g/mol. The summed E-state index contributed by atoms with van der Waals surface area (Å²) >= 11 is 0. The molecule has 0 unspecified atom stereocenters. The molecule has 1 N–H and O–H groups in total. The average Bonchev–Trinajstić information content (AvgIpc) is 2.60. The molecule has 1 aliphatic rings. The summed E-state index contributed by atoms with van der Waals surface area (Å²) in [6.07, 6.45) is 3.15. The van der Waals surface area contributed by atoms with E-state index in [4.69, 9.17) is 4.74 Å². The number of aryl methyl sites for hydroxylation is 1. The van der Waals surface area contributed by atoms with Gasteiger partial charge in [0.05, 0.1) is 0 Å². The van der Waals surface area contributed by atoms with E-state index in [1.807, 2.05) is 23.1 Å². The van der Waals surface area contributed by atoms with Gasteiger partial charge < -0.3 is 19.9 Å². The van der Waals surface area contributed by atoms with Crippen LogP contribution in [-0.2, 0) is 0 Å². The molecule has 2 rings (SSSR count). The molecule has 1 atom stereocenters. The van der Waals surface area contributed by atoms with Gasteiger partial charge in [0.2, 0.25) is 0 Å². The number of nitrogens with zero attached hydrogens (tertiary/aromatic N) is 2. The Bertz CT molecular complexity index is 525. The molecule has 2 amide bonds. The predicted octanol–water partition coefficient (Wildman–Crippen LogP) is 2.89. The van der Waals surface area contributed by atoms with Crippen LogP contribution < -0.4 is 10.1 Å². The van der Waals surface area contributed by atoms with Gasteiger partial charge in [-0.1, -0.05) is 25.1 Å². The number of ether oxygens (including phenoxy) is 1. The number of carbonyl (C=O) groups is 1. The van der Waals surface area contributed by atoms with Gasteiger partial charge in [0.15, 0.2) is 0 Å². The van der Waals surface area contributed by atoms with Gasteiger partial charge in [-0.2, -0.15) is 0 Å². The first-order valence-corrected chi connectivity index (χ1v) is 8.93. The largest absolute Gasteiger partial charge is 0.489 e. The van der Waals surface area contributed by atoms with Crippen LogP contribution in [0.2, 0.25) is 0 Å². The molecule has 0 aromatic heterocycles. The zero-order chi connectivity index (χ0) is 17.5. The number of amides is 2. The number of piperidine rings is 1. The summed E-state index contributed by atoms with van der Waals surface area (Å²) < 4.78 is 6.14. The summed E-state index contributed by atoms with van der Waals surface area (Å²) in [6, 6.07) is 8.73. The van der Waals surface area contributed by atoms with Crippen molar-refractivity contribution in [1.82, 2.24) is 15.1 Å². The minimum atomic E-state index is 0.114. The summed E-state index contributed by atoms with van der Waals surface area (Å²) in [4.78, 5) is 15.5. The Hall–Kier alpha value is -1.75. The Labute approximate surface area is 146 Å². The lowest BCUT2D eigenvalue weighted by Crippen LogP contribution is -2.49. The highest BCUT2D eigenvalue weighted by molar-refractivity contribution is 5.73. The van der Waals surface area contributed by atoms with Gasteiger partial charge in [-0.3, -0.25) is 0 Å². The van der Waals surface area contributed by atoms with Crippen molar-refractivity contribution in [2.75, 3.05) is 33.7 Å². The van der Waals surface area contributed by atoms with Gasteiger partial charge in [0.1, 0.15) is 11.9 Å². The summed E-state index contributed by atoms with van der Waals surface area (Å²) in [5, 5.41) is 3.62. The highest BCUT2D eigenvalue weighted by Crippen LogP contribution is 2.19. The maximum Gasteiger partial charge on any atom is 0.319 e. The number of carbonyl (C=O) groups excluding carboxylic acids is 1. The number of nitrogens with one attached hydrogen (secondary N) is 1. The second-order valence-corrected chi connectivity index (χ2v) is 6.76. The van der Waals surface area contributed by atoms with Crippen LogP contribution in [0.1, 0.15) is 31.7 Å². The lowest BCUT2D eigenvalue weighted by Gasteiger charge is -2.34. The minimum absolute atomic E-state index is 0.114. The van der Waals surface area contributed by atoms with Crippen LogP contribution in [0.4, 0.5) is 4.79 Å². The maximum absolute atomic E-state index is 12.0. The Morgan fingerprint density at radius 2 is 2.00 bits per heavy atom. The van der Waals surface area contributed by atoms with E-state index >= 15 is 0 Å². The summed E-state index contributed by atoms with van der Waals surface area (Å²) in [5.41, 5.74) is 1.17. The molecule has 5 nitrogen and oxygen atoms in total. The fourth-order valence-electron chi connectivity index (χ4n) is 2.99. The lowest BCUT2D eigenvalue weighted by molar-refractivity contribution is 0.145. The topological polar surface area (TPSA) is 44.8 Å². The van der Waals surface area contributed by atoms with Crippen LogP contribution in [0, 0.1) is 6.92 Å². The normalized spacial score (nSPS) is 16.8. The van der Waals surface area contributed by atoms with Crippen molar-refractivity contribution in [3.63, 3.8) is 0 Å². The third-order valence-corrected chi connectivity index (χ3v) is 4.62. The van der Waals surface area contributed by atoms with Crippen LogP contribution in [0.3, 0.4) is 0 Å². The van der Waals surface area contributed by atoms with Gasteiger partial charge in [-0.15, -0.1) is 0 Å². The van der Waals surface area contributed by atoms with Crippen LogP contribution in [0.25, 0.3) is 0 Å². The summed E-state index contributed by atoms with van der Waals surface area (Å²) in [5.74, 6) is 0.970. The molecule has 1 aliphatic heterocycles. The molecule has 1 aromatic rings. The smallest absolute Gasteiger partial charge is 0.319 e. The first-order valence-electron chi connectivity index (χ1n) is 8.93. The summed E-state index contributed by atoms with van der Waals surface area (Å²) in [7, 11) is 3.61. The van der Waals surface area contributed by atoms with Crippen molar-refractivity contribution in [2.45, 2.75) is 45.3 Å². The first kappa shape index (κ1) is 18.6. The van der Waals surface area contributed by atoms with Gasteiger partial charge >= 0.3 is 6.03 Å². The van der Waals surface area contributed by atoms with E-state index in [1.165, 1.54) is 5.56 Å². The predicted molar refractivity (Wildman–Crippen MR) is 97.6 cm³/mol. The molecule has 0 aliphatic carbocycles. The second-order valence-electron chi connectivity index (χ2n) is 6.76. The van der Waals surface area contributed by atoms with Crippen molar-refractivity contribution < 1.29 is 9.53 Å². The van der Waals surface area contributed by atoms with E-state index in [2.05, 4.69) is 25.2 Å². The number of hydrogen-bond acceptors (Lipinski definition) is 3. The van der Waals surface area contributed by atoms with Crippen molar-refractivity contribution in [3.8, 4) is 5.75 Å². The molecule has 1 saturated heterocycles. The molecule has 1 aromatic carbocycles. The van der Waals surface area contributed by atoms with Gasteiger partial charge in [0, 0.05) is 39.8 Å². The van der Waals surface area contributed by atoms with E-state index in [0.29, 0.717) is 6.04 Å². The SMILES string of the molecule is CC[C@@H](CNC1CCN(C(=O)N(C)C)CC1)Oc1ccccc1C. The highest BCUT2D eigenvalue weighted by Gasteiger charge is 2.24. The molecular formula is C19H31N3O2. The van der Waals surface area contributed by atoms with E-state index in [1.54, 1.807) is 19.0 Å². The number of rotatable bonds is 6. The lowest BCUT2D eigenvalue weighted by atomic mass is 10.0. The molecule has 0 spiro atoms. The second kappa shape index (κ2) is 8.92. The Morgan fingerprint density at radius 1 is 1.33 bits per heavy atom. The molecule has 24 heavy (non-hydrogen) atoms. The number of urea groups is 1. The quantitative estimate of drug-likeness (QED) is 0.871. The van der Waals surface area contributed by atoms with Crippen molar-refractivity contribution in [2.24, 2.45) is 0 Å². The van der Waals surface area contributed by atoms with Crippen LogP contribution in [-0.4, -0.2) is 61.7 Å². The fourth-order valence-corrected chi connectivity index (χ4v) is 2.99. The van der Waals surface area contributed by atoms with Gasteiger partial charge in [-0.05, 0) is 37.8 Å². The molecule has 134 valence electrons. The van der Waals surface area contributed by atoms with E-state index in [-0.39, 0.29) is 12.1 Å². The Kier molecular flexibility index (Phi) is 6.91. The first-order chi connectivity index (χ1) is 11.5. The van der Waals surface area contributed by atoms with E-state index < -0.39 is 0 Å². The molecule has 0 radical (unpaired) electrons. The van der Waals surface area contributed by atoms with E-state index in [9.17, 15) is 4.79 Å². The highest BCUT2D eigenvalue weighted by atomic mass is 16.5. The number of para-hydroxylation sites is 1. The van der Waals surface area contributed by atoms with Crippen LogP contribution in [0.5, 0.6) is 5.75 Å².